The number of hydrogen-bond donors (Lipinski definition) is 0. The van der Waals surface area contributed by atoms with Crippen molar-refractivity contribution in [2.75, 3.05) is 0 Å². The summed E-state index contributed by atoms with van der Waals surface area (Å²) in [6, 6.07) is 0. The second-order valence-electron chi connectivity index (χ2n) is 6.97. The summed E-state index contributed by atoms with van der Waals surface area (Å²) in [6.45, 7) is 14.1. The Morgan fingerprint density at radius 2 is 1.10 bits per heavy atom. The fraction of sp³-hybridized carbons (Fsp3) is 0.500. The van der Waals surface area contributed by atoms with E-state index in [2.05, 4.69) is 40.8 Å². The van der Waals surface area contributed by atoms with Gasteiger partial charge >= 0.3 is 136 Å². The van der Waals surface area contributed by atoms with Crippen molar-refractivity contribution in [3.05, 3.63) is 39.2 Å². The van der Waals surface area contributed by atoms with E-state index in [0.29, 0.717) is 0 Å². The van der Waals surface area contributed by atoms with Gasteiger partial charge < -0.3 is 0 Å². The van der Waals surface area contributed by atoms with E-state index >= 15 is 0 Å². The first kappa shape index (κ1) is 15.5. The van der Waals surface area contributed by atoms with E-state index in [-0.39, 0.29) is 0 Å². The minimum atomic E-state index is -3.33. The average molecular weight is 405 g/mol. The second kappa shape index (κ2) is 4.57. The zero-order valence-corrected chi connectivity index (χ0v) is 18.1. The van der Waals surface area contributed by atoms with Crippen molar-refractivity contribution in [1.82, 2.24) is 0 Å². The summed E-state index contributed by atoms with van der Waals surface area (Å²) in [6.07, 6.45) is 2.15. The van der Waals surface area contributed by atoms with Crippen LogP contribution >= 0.6 is 17.0 Å². The van der Waals surface area contributed by atoms with Gasteiger partial charge in [-0.15, -0.1) is 0 Å². The van der Waals surface area contributed by atoms with Gasteiger partial charge in [-0.3, -0.25) is 0 Å². The summed E-state index contributed by atoms with van der Waals surface area (Å²) in [5.74, 6) is 0. The van der Waals surface area contributed by atoms with Crippen LogP contribution in [0.15, 0.2) is 39.2 Å². The number of fused-ring (bicyclic) bond motifs is 4. The van der Waals surface area contributed by atoms with Crippen molar-refractivity contribution in [2.45, 2.75) is 53.6 Å². The van der Waals surface area contributed by atoms with Gasteiger partial charge in [0.1, 0.15) is 0 Å². The van der Waals surface area contributed by atoms with E-state index in [1.807, 2.05) is 0 Å². The molecule has 0 aromatic carbocycles. The van der Waals surface area contributed by atoms with Crippen LogP contribution in [0.1, 0.15) is 40.5 Å². The average Bonchev–Trinajstić information content (AvgIpc) is 2.81. The summed E-state index contributed by atoms with van der Waals surface area (Å²) in [5, 5.41) is 3.38. The topological polar surface area (TPSA) is 0 Å². The SMILES string of the molecule is CC1=C2C[C](=C1C)[Zr]([Cl])([Cl])[C]1=C(C)C(C)=C(C1)[Si]2(C)C. The van der Waals surface area contributed by atoms with Crippen LogP contribution in [0.2, 0.25) is 13.1 Å². The van der Waals surface area contributed by atoms with Crippen molar-refractivity contribution in [2.24, 2.45) is 0 Å². The van der Waals surface area contributed by atoms with E-state index in [1.54, 1.807) is 10.4 Å². The van der Waals surface area contributed by atoms with Crippen molar-refractivity contribution in [3.8, 4) is 0 Å². The van der Waals surface area contributed by atoms with Crippen LogP contribution in [0.5, 0.6) is 0 Å². The molecule has 3 aliphatic rings. The first-order valence-electron chi connectivity index (χ1n) is 7.29. The Hall–Kier alpha value is 0.640. The number of hydrogen-bond acceptors (Lipinski definition) is 0. The second-order valence-corrected chi connectivity index (χ2v) is 25.1. The zero-order chi connectivity index (χ0) is 15.0. The summed E-state index contributed by atoms with van der Waals surface area (Å²) in [7, 11) is 12.6. The molecule has 0 aromatic rings. The van der Waals surface area contributed by atoms with Gasteiger partial charge in [0, 0.05) is 0 Å². The molecule has 108 valence electrons. The Labute approximate surface area is 135 Å². The molecule has 0 radical (unpaired) electrons. The summed E-state index contributed by atoms with van der Waals surface area (Å²) < 4.78 is 2.89. The molecule has 0 aromatic heterocycles. The molecule has 0 saturated carbocycles. The van der Waals surface area contributed by atoms with Gasteiger partial charge in [-0.2, -0.15) is 0 Å². The summed E-state index contributed by atoms with van der Waals surface area (Å²) in [4.78, 5) is 0. The van der Waals surface area contributed by atoms with Crippen LogP contribution < -0.4 is 0 Å². The Balaban J connectivity index is 2.35. The zero-order valence-electron chi connectivity index (χ0n) is 13.2. The first-order valence-corrected chi connectivity index (χ1v) is 19.1. The predicted octanol–water partition coefficient (Wildman–Crippen LogP) is 6.24. The maximum absolute atomic E-state index is 7.07. The molecule has 1 fully saturated rings. The van der Waals surface area contributed by atoms with Crippen LogP contribution in [0.25, 0.3) is 0 Å². The van der Waals surface area contributed by atoms with Crippen LogP contribution in [0.4, 0.5) is 0 Å². The van der Waals surface area contributed by atoms with E-state index < -0.39 is 26.0 Å². The van der Waals surface area contributed by atoms with E-state index in [9.17, 15) is 0 Å². The van der Waals surface area contributed by atoms with Gasteiger partial charge in [0.2, 0.25) is 0 Å². The van der Waals surface area contributed by atoms with Gasteiger partial charge in [0.25, 0.3) is 0 Å². The van der Waals surface area contributed by atoms with Crippen LogP contribution in [-0.2, 0) is 17.9 Å². The molecule has 0 N–H and O–H groups in total. The quantitative estimate of drug-likeness (QED) is 0.419. The molecule has 4 heteroatoms. The molecule has 20 heavy (non-hydrogen) atoms. The first-order chi connectivity index (χ1) is 9.10. The summed E-state index contributed by atoms with van der Waals surface area (Å²) >= 11 is -3.33. The fourth-order valence-corrected chi connectivity index (χ4v) is 20.0. The standard InChI is InChI=1S/C16H22Si.2ClH.Zr/c1-11-7-9-15(13(11)3)17(5,6)16-10-8-12(2)14(16)4;;;/h9-10H2,1-6H3;2*1H;/q;;;+2/p-2. The monoisotopic (exact) mass is 402 g/mol. The van der Waals surface area contributed by atoms with E-state index in [0.717, 1.165) is 12.8 Å². The minimum absolute atomic E-state index is 1.08. The Kier molecular flexibility index (Phi) is 3.55. The molecule has 0 amide bonds. The molecule has 0 unspecified atom stereocenters. The van der Waals surface area contributed by atoms with Crippen molar-refractivity contribution in [3.63, 3.8) is 0 Å². The molecule has 0 spiro atoms. The molecule has 1 heterocycles. The molecule has 4 bridgehead atoms. The molecule has 0 nitrogen and oxygen atoms in total. The molecule has 1 saturated heterocycles. The van der Waals surface area contributed by atoms with Gasteiger partial charge in [0.05, 0.1) is 0 Å². The van der Waals surface area contributed by atoms with Gasteiger partial charge in [-0.05, 0) is 0 Å². The van der Waals surface area contributed by atoms with E-state index in [4.69, 9.17) is 17.0 Å². The van der Waals surface area contributed by atoms with Crippen LogP contribution in [0, 0.1) is 0 Å². The van der Waals surface area contributed by atoms with Crippen LogP contribution in [-0.4, -0.2) is 8.07 Å². The Morgan fingerprint density at radius 1 is 0.750 bits per heavy atom. The third kappa shape index (κ3) is 1.81. The molecular formula is C16H22Cl2SiZr. The Morgan fingerprint density at radius 3 is 1.45 bits per heavy atom. The van der Waals surface area contributed by atoms with Gasteiger partial charge in [0.15, 0.2) is 0 Å². The van der Waals surface area contributed by atoms with Gasteiger partial charge in [-0.25, -0.2) is 0 Å². The fourth-order valence-electron chi connectivity index (χ4n) is 4.23. The molecule has 3 rings (SSSR count). The number of halogens is 2. The van der Waals surface area contributed by atoms with E-state index in [1.165, 1.54) is 28.9 Å². The predicted molar refractivity (Wildman–Crippen MR) is 89.2 cm³/mol. The molecular weight excluding hydrogens is 382 g/mol. The molecule has 0 atom stereocenters. The van der Waals surface area contributed by atoms with Crippen molar-refractivity contribution < 1.29 is 17.9 Å². The normalized spacial score (nSPS) is 27.6. The maximum atomic E-state index is 7.07. The molecule has 2 aliphatic carbocycles. The third-order valence-corrected chi connectivity index (χ3v) is 21.9. The van der Waals surface area contributed by atoms with Crippen LogP contribution in [0.3, 0.4) is 0 Å². The van der Waals surface area contributed by atoms with Crippen molar-refractivity contribution >= 4 is 25.1 Å². The Bertz CT molecular complexity index is 550. The third-order valence-electron chi connectivity index (χ3n) is 5.91. The number of allylic oxidation sites excluding steroid dienone is 8. The summed E-state index contributed by atoms with van der Waals surface area (Å²) in [5.41, 5.74) is 5.86. The number of rotatable bonds is 0. The molecule has 1 aliphatic heterocycles. The van der Waals surface area contributed by atoms with Crippen molar-refractivity contribution in [1.29, 1.82) is 0 Å². The van der Waals surface area contributed by atoms with Gasteiger partial charge in [-0.1, -0.05) is 0 Å².